The van der Waals surface area contributed by atoms with E-state index in [9.17, 15) is 9.59 Å². The topological polar surface area (TPSA) is 84.9 Å². The molecule has 0 spiro atoms. The first-order chi connectivity index (χ1) is 11.0. The molecule has 0 atom stereocenters. The smallest absolute Gasteiger partial charge is 0.306 e. The molecule has 2 rings (SSSR count). The van der Waals surface area contributed by atoms with Crippen LogP contribution in [0.5, 0.6) is 11.5 Å². The third-order valence-electron chi connectivity index (χ3n) is 4.12. The summed E-state index contributed by atoms with van der Waals surface area (Å²) >= 11 is 3.37. The van der Waals surface area contributed by atoms with Crippen molar-refractivity contribution >= 4 is 27.8 Å². The zero-order chi connectivity index (χ0) is 17.0. The number of halogens is 1. The molecule has 2 N–H and O–H groups in total. The van der Waals surface area contributed by atoms with Crippen molar-refractivity contribution in [2.24, 2.45) is 5.92 Å². The number of carbonyl (C=O) groups is 2. The lowest BCUT2D eigenvalue weighted by atomic mass is 9.86. The van der Waals surface area contributed by atoms with Crippen molar-refractivity contribution in [2.75, 3.05) is 14.2 Å². The molecule has 1 saturated carbocycles. The van der Waals surface area contributed by atoms with Gasteiger partial charge in [-0.1, -0.05) is 0 Å². The lowest BCUT2D eigenvalue weighted by Crippen LogP contribution is -2.38. The number of aliphatic carboxylic acids is 1. The predicted molar refractivity (Wildman–Crippen MR) is 88.1 cm³/mol. The number of rotatable bonds is 5. The quantitative estimate of drug-likeness (QED) is 0.813. The van der Waals surface area contributed by atoms with Crippen LogP contribution < -0.4 is 14.8 Å². The highest BCUT2D eigenvalue weighted by molar-refractivity contribution is 9.10. The number of carbonyl (C=O) groups excluding carboxylic acids is 1. The molecule has 1 aliphatic carbocycles. The third-order valence-corrected chi connectivity index (χ3v) is 4.90. The van der Waals surface area contributed by atoms with Crippen LogP contribution in [-0.2, 0) is 4.79 Å². The minimum Gasteiger partial charge on any atom is -0.495 e. The van der Waals surface area contributed by atoms with Crippen LogP contribution in [0.2, 0.25) is 0 Å². The summed E-state index contributed by atoms with van der Waals surface area (Å²) in [6.45, 7) is 0. The standard InChI is InChI=1S/C16H20BrNO5/c1-22-12-7-10(8-13(23-2)14(12)17)15(19)18-11-5-3-9(4-6-11)16(20)21/h7-9,11H,3-6H2,1-2H3,(H,18,19)(H,20,21). The van der Waals surface area contributed by atoms with E-state index in [1.165, 1.54) is 14.2 Å². The van der Waals surface area contributed by atoms with Gasteiger partial charge in [-0.05, 0) is 53.7 Å². The molecule has 1 amide bonds. The SMILES string of the molecule is COc1cc(C(=O)NC2CCC(C(=O)O)CC2)cc(OC)c1Br. The first kappa shape index (κ1) is 17.6. The average Bonchev–Trinajstić information content (AvgIpc) is 2.55. The van der Waals surface area contributed by atoms with Gasteiger partial charge in [0.05, 0.1) is 20.1 Å². The second-order valence-corrected chi connectivity index (χ2v) is 6.35. The highest BCUT2D eigenvalue weighted by Crippen LogP contribution is 2.35. The van der Waals surface area contributed by atoms with Crippen molar-refractivity contribution in [1.82, 2.24) is 5.32 Å². The molecule has 23 heavy (non-hydrogen) atoms. The Kier molecular flexibility index (Phi) is 5.87. The van der Waals surface area contributed by atoms with E-state index in [0.717, 1.165) is 0 Å². The summed E-state index contributed by atoms with van der Waals surface area (Å²) in [4.78, 5) is 23.4. The minimum atomic E-state index is -0.753. The Morgan fingerprint density at radius 3 is 2.09 bits per heavy atom. The molecule has 1 aromatic carbocycles. The summed E-state index contributed by atoms with van der Waals surface area (Å²) in [7, 11) is 3.04. The summed E-state index contributed by atoms with van der Waals surface area (Å²) in [5.41, 5.74) is 0.447. The molecule has 0 bridgehead atoms. The Balaban J connectivity index is 2.05. The van der Waals surface area contributed by atoms with Gasteiger partial charge in [0.25, 0.3) is 5.91 Å². The van der Waals surface area contributed by atoms with Crippen LogP contribution in [0.3, 0.4) is 0 Å². The molecule has 0 radical (unpaired) electrons. The number of ether oxygens (including phenoxy) is 2. The molecule has 0 aromatic heterocycles. The molecular formula is C16H20BrNO5. The Hall–Kier alpha value is -1.76. The van der Waals surface area contributed by atoms with Crippen LogP contribution in [-0.4, -0.2) is 37.2 Å². The Labute approximate surface area is 143 Å². The van der Waals surface area contributed by atoms with Gasteiger partial charge in [0.1, 0.15) is 16.0 Å². The van der Waals surface area contributed by atoms with E-state index < -0.39 is 5.97 Å². The monoisotopic (exact) mass is 385 g/mol. The van der Waals surface area contributed by atoms with Gasteiger partial charge in [0.2, 0.25) is 0 Å². The Bertz CT molecular complexity index is 571. The zero-order valence-electron chi connectivity index (χ0n) is 13.1. The number of benzene rings is 1. The summed E-state index contributed by atoms with van der Waals surface area (Å²) < 4.78 is 11.1. The van der Waals surface area contributed by atoms with Gasteiger partial charge < -0.3 is 19.9 Å². The molecule has 0 heterocycles. The van der Waals surface area contributed by atoms with Crippen LogP contribution in [0.1, 0.15) is 36.0 Å². The second kappa shape index (κ2) is 7.68. The molecular weight excluding hydrogens is 366 g/mol. The minimum absolute atomic E-state index is 0.00117. The lowest BCUT2D eigenvalue weighted by Gasteiger charge is -2.27. The molecule has 0 unspecified atom stereocenters. The number of carboxylic acid groups (broad SMARTS) is 1. The maximum absolute atomic E-state index is 12.4. The van der Waals surface area contributed by atoms with E-state index in [0.29, 0.717) is 47.2 Å². The van der Waals surface area contributed by atoms with Gasteiger partial charge in [-0.3, -0.25) is 9.59 Å². The van der Waals surface area contributed by atoms with Crippen molar-refractivity contribution in [3.8, 4) is 11.5 Å². The van der Waals surface area contributed by atoms with E-state index >= 15 is 0 Å². The molecule has 0 saturated heterocycles. The highest BCUT2D eigenvalue weighted by Gasteiger charge is 2.27. The predicted octanol–water partition coefficient (Wildman–Crippen LogP) is 2.84. The Morgan fingerprint density at radius 1 is 1.13 bits per heavy atom. The van der Waals surface area contributed by atoms with Gasteiger partial charge >= 0.3 is 5.97 Å². The van der Waals surface area contributed by atoms with Crippen LogP contribution >= 0.6 is 15.9 Å². The van der Waals surface area contributed by atoms with Crippen molar-refractivity contribution in [2.45, 2.75) is 31.7 Å². The summed E-state index contributed by atoms with van der Waals surface area (Å²) in [6.07, 6.45) is 2.53. The molecule has 1 aliphatic rings. The van der Waals surface area contributed by atoms with Crippen LogP contribution in [0.25, 0.3) is 0 Å². The molecule has 7 heteroatoms. The van der Waals surface area contributed by atoms with Gasteiger partial charge in [-0.25, -0.2) is 0 Å². The normalized spacial score (nSPS) is 20.7. The van der Waals surface area contributed by atoms with Crippen LogP contribution in [0.15, 0.2) is 16.6 Å². The highest BCUT2D eigenvalue weighted by atomic mass is 79.9. The fraction of sp³-hybridized carbons (Fsp3) is 0.500. The molecule has 1 aromatic rings. The summed E-state index contributed by atoms with van der Waals surface area (Å²) in [6, 6.07) is 3.29. The van der Waals surface area contributed by atoms with E-state index in [1.807, 2.05) is 0 Å². The lowest BCUT2D eigenvalue weighted by molar-refractivity contribution is -0.142. The fourth-order valence-electron chi connectivity index (χ4n) is 2.75. The summed E-state index contributed by atoms with van der Waals surface area (Å²) in [5, 5.41) is 12.0. The van der Waals surface area contributed by atoms with Crippen LogP contribution in [0.4, 0.5) is 0 Å². The van der Waals surface area contributed by atoms with Crippen LogP contribution in [0, 0.1) is 5.92 Å². The number of hydrogen-bond acceptors (Lipinski definition) is 4. The van der Waals surface area contributed by atoms with Gasteiger partial charge in [0, 0.05) is 11.6 Å². The number of nitrogens with one attached hydrogen (secondary N) is 1. The maximum atomic E-state index is 12.4. The van der Waals surface area contributed by atoms with Crippen molar-refractivity contribution < 1.29 is 24.2 Å². The fourth-order valence-corrected chi connectivity index (χ4v) is 3.31. The number of carboxylic acids is 1. The maximum Gasteiger partial charge on any atom is 0.306 e. The third kappa shape index (κ3) is 4.16. The summed E-state index contributed by atoms with van der Waals surface area (Å²) in [5.74, 6) is -0.228. The van der Waals surface area contributed by atoms with E-state index in [2.05, 4.69) is 21.2 Å². The first-order valence-corrected chi connectivity index (χ1v) is 8.20. The van der Waals surface area contributed by atoms with Gasteiger partial charge in [-0.15, -0.1) is 0 Å². The second-order valence-electron chi connectivity index (χ2n) is 5.55. The molecule has 126 valence electrons. The number of hydrogen-bond donors (Lipinski definition) is 2. The number of methoxy groups -OCH3 is 2. The largest absolute Gasteiger partial charge is 0.495 e. The molecule has 1 fully saturated rings. The first-order valence-electron chi connectivity index (χ1n) is 7.41. The number of amides is 1. The van der Waals surface area contributed by atoms with Gasteiger partial charge in [-0.2, -0.15) is 0 Å². The van der Waals surface area contributed by atoms with Crippen molar-refractivity contribution in [3.63, 3.8) is 0 Å². The average molecular weight is 386 g/mol. The van der Waals surface area contributed by atoms with E-state index in [-0.39, 0.29) is 17.9 Å². The van der Waals surface area contributed by atoms with Gasteiger partial charge in [0.15, 0.2) is 0 Å². The van der Waals surface area contributed by atoms with E-state index in [1.54, 1.807) is 12.1 Å². The molecule has 6 nitrogen and oxygen atoms in total. The Morgan fingerprint density at radius 2 is 1.65 bits per heavy atom. The van der Waals surface area contributed by atoms with E-state index in [4.69, 9.17) is 14.6 Å². The van der Waals surface area contributed by atoms with Crippen molar-refractivity contribution in [3.05, 3.63) is 22.2 Å². The molecule has 0 aliphatic heterocycles. The zero-order valence-corrected chi connectivity index (χ0v) is 14.7. The van der Waals surface area contributed by atoms with Crippen molar-refractivity contribution in [1.29, 1.82) is 0 Å².